The molecule has 210 valence electrons. The normalized spacial score (nSPS) is 20.4. The van der Waals surface area contributed by atoms with Crippen LogP contribution in [0.4, 0.5) is 0 Å². The van der Waals surface area contributed by atoms with Crippen molar-refractivity contribution in [1.82, 2.24) is 4.90 Å². The summed E-state index contributed by atoms with van der Waals surface area (Å²) >= 11 is 3.58. The smallest absolute Gasteiger partial charge is 0.255 e. The topological polar surface area (TPSA) is 89.7 Å². The van der Waals surface area contributed by atoms with Crippen LogP contribution in [-0.4, -0.2) is 35.5 Å². The summed E-state index contributed by atoms with van der Waals surface area (Å²) in [5, 5.41) is 0. The quantitative estimate of drug-likeness (QED) is 0.404. The second-order valence-corrected chi connectivity index (χ2v) is 13.7. The Kier molecular flexibility index (Phi) is 7.55. The van der Waals surface area contributed by atoms with Crippen LogP contribution in [0.25, 0.3) is 0 Å². The van der Waals surface area contributed by atoms with Crippen molar-refractivity contribution in [2.75, 3.05) is 13.2 Å². The fourth-order valence-electron chi connectivity index (χ4n) is 6.50. The van der Waals surface area contributed by atoms with E-state index in [9.17, 15) is 14.4 Å². The van der Waals surface area contributed by atoms with E-state index in [1.165, 1.54) is 5.56 Å². The summed E-state index contributed by atoms with van der Waals surface area (Å²) < 4.78 is 6.20. The molecule has 0 radical (unpaired) electrons. The van der Waals surface area contributed by atoms with Crippen LogP contribution >= 0.6 is 15.9 Å². The number of hydrogen-bond acceptors (Lipinski definition) is 5. The fraction of sp³-hybridized carbons (Fsp3) is 0.424. The summed E-state index contributed by atoms with van der Waals surface area (Å²) in [7, 11) is 0. The molecule has 5 rings (SSSR count). The molecule has 1 aliphatic heterocycles. The SMILES string of the molecule is CC1(C)CC(=O)C2=C(C1)N(CCc1ccccc1)C1=C(C(=O)CC(C)(C)C1)C2c1ccc(OCC(N)=O)c(Br)c1. The van der Waals surface area contributed by atoms with Crippen molar-refractivity contribution in [3.8, 4) is 5.75 Å². The van der Waals surface area contributed by atoms with Crippen LogP contribution in [-0.2, 0) is 20.8 Å². The largest absolute Gasteiger partial charge is 0.483 e. The van der Waals surface area contributed by atoms with Gasteiger partial charge in [-0.15, -0.1) is 0 Å². The Bertz CT molecular complexity index is 1380. The van der Waals surface area contributed by atoms with Gasteiger partial charge in [-0.05, 0) is 69.3 Å². The van der Waals surface area contributed by atoms with Gasteiger partial charge in [-0.1, -0.05) is 64.1 Å². The minimum Gasteiger partial charge on any atom is -0.483 e. The number of nitrogens with two attached hydrogens (primary N) is 1. The predicted molar refractivity (Wildman–Crippen MR) is 159 cm³/mol. The first-order valence-electron chi connectivity index (χ1n) is 13.9. The van der Waals surface area contributed by atoms with Crippen molar-refractivity contribution < 1.29 is 19.1 Å². The molecule has 3 aliphatic rings. The van der Waals surface area contributed by atoms with Crippen LogP contribution in [0.1, 0.15) is 70.4 Å². The number of amides is 1. The number of Topliss-reactive ketones (excluding diaryl/α,β-unsaturated/α-hetero) is 2. The summed E-state index contributed by atoms with van der Waals surface area (Å²) in [4.78, 5) is 41.5. The van der Waals surface area contributed by atoms with Crippen LogP contribution in [0, 0.1) is 10.8 Å². The minimum atomic E-state index is -0.561. The van der Waals surface area contributed by atoms with Gasteiger partial charge in [0.25, 0.3) is 5.91 Å². The molecule has 0 unspecified atom stereocenters. The average molecular weight is 606 g/mol. The number of rotatable bonds is 7. The highest BCUT2D eigenvalue weighted by Crippen LogP contribution is 2.54. The predicted octanol–water partition coefficient (Wildman–Crippen LogP) is 6.24. The van der Waals surface area contributed by atoms with E-state index in [1.54, 1.807) is 6.07 Å². The average Bonchev–Trinajstić information content (AvgIpc) is 2.85. The summed E-state index contributed by atoms with van der Waals surface area (Å²) in [6, 6.07) is 16.0. The third kappa shape index (κ3) is 5.67. The van der Waals surface area contributed by atoms with E-state index in [0.717, 1.165) is 47.4 Å². The lowest BCUT2D eigenvalue weighted by molar-refractivity contribution is -0.121. The Morgan fingerprint density at radius 2 is 1.50 bits per heavy atom. The van der Waals surface area contributed by atoms with Crippen LogP contribution in [0.3, 0.4) is 0 Å². The molecule has 0 fully saturated rings. The lowest BCUT2D eigenvalue weighted by Gasteiger charge is -2.49. The van der Waals surface area contributed by atoms with Crippen molar-refractivity contribution in [2.24, 2.45) is 16.6 Å². The molecule has 2 aromatic carbocycles. The van der Waals surface area contributed by atoms with Gasteiger partial charge in [-0.3, -0.25) is 14.4 Å². The van der Waals surface area contributed by atoms with Crippen LogP contribution in [0.5, 0.6) is 5.75 Å². The molecule has 0 bridgehead atoms. The minimum absolute atomic E-state index is 0.107. The van der Waals surface area contributed by atoms with Crippen LogP contribution in [0.15, 0.2) is 75.5 Å². The lowest BCUT2D eigenvalue weighted by Crippen LogP contribution is -2.45. The molecule has 0 saturated heterocycles. The van der Waals surface area contributed by atoms with Crippen molar-refractivity contribution in [2.45, 2.75) is 65.7 Å². The zero-order chi connectivity index (χ0) is 28.8. The molecular formula is C33H37BrN2O4. The number of primary amides is 1. The molecule has 40 heavy (non-hydrogen) atoms. The molecule has 7 heteroatoms. The van der Waals surface area contributed by atoms with E-state index < -0.39 is 11.8 Å². The van der Waals surface area contributed by atoms with Gasteiger partial charge in [-0.25, -0.2) is 0 Å². The molecule has 0 aromatic heterocycles. The maximum absolute atomic E-state index is 14.0. The standard InChI is InChI=1S/C33H37BrN2O4/c1-32(2)15-23-30(25(37)17-32)29(21-10-11-27(22(34)14-21)40-19-28(35)39)31-24(16-33(3,4)18-26(31)38)36(23)13-12-20-8-6-5-7-9-20/h5-11,14,29H,12-13,15-19H2,1-4H3,(H2,35,39). The fourth-order valence-corrected chi connectivity index (χ4v) is 7.01. The second-order valence-electron chi connectivity index (χ2n) is 12.9. The number of carbonyl (C=O) groups excluding carboxylic acids is 3. The van der Waals surface area contributed by atoms with E-state index in [0.29, 0.717) is 29.6 Å². The molecular weight excluding hydrogens is 568 g/mol. The van der Waals surface area contributed by atoms with Gasteiger partial charge in [0.05, 0.1) is 4.47 Å². The molecule has 1 amide bonds. The van der Waals surface area contributed by atoms with Gasteiger partial charge in [0, 0.05) is 47.8 Å². The van der Waals surface area contributed by atoms with Gasteiger partial charge >= 0.3 is 0 Å². The van der Waals surface area contributed by atoms with Gasteiger partial charge in [-0.2, -0.15) is 0 Å². The number of allylic oxidation sites excluding steroid dienone is 4. The molecule has 1 heterocycles. The van der Waals surface area contributed by atoms with E-state index in [1.807, 2.05) is 30.3 Å². The highest BCUT2D eigenvalue weighted by molar-refractivity contribution is 9.10. The first-order valence-corrected chi connectivity index (χ1v) is 14.7. The number of halogens is 1. The molecule has 0 atom stereocenters. The Hall–Kier alpha value is -3.19. The summed E-state index contributed by atoms with van der Waals surface area (Å²) in [6.45, 7) is 9.09. The van der Waals surface area contributed by atoms with Crippen molar-refractivity contribution in [3.63, 3.8) is 0 Å². The highest BCUT2D eigenvalue weighted by Gasteiger charge is 2.48. The van der Waals surface area contributed by atoms with E-state index >= 15 is 0 Å². The number of nitrogens with zero attached hydrogens (tertiary/aromatic N) is 1. The maximum Gasteiger partial charge on any atom is 0.255 e. The van der Waals surface area contributed by atoms with Crippen LogP contribution < -0.4 is 10.5 Å². The van der Waals surface area contributed by atoms with E-state index in [2.05, 4.69) is 60.7 Å². The number of ketones is 2. The Morgan fingerprint density at radius 3 is 2.02 bits per heavy atom. The molecule has 2 aliphatic carbocycles. The van der Waals surface area contributed by atoms with E-state index in [4.69, 9.17) is 10.5 Å². The van der Waals surface area contributed by atoms with Crippen molar-refractivity contribution in [1.29, 1.82) is 0 Å². The molecule has 6 nitrogen and oxygen atoms in total. The second kappa shape index (κ2) is 10.7. The van der Waals surface area contributed by atoms with Gasteiger partial charge < -0.3 is 15.4 Å². The first kappa shape index (κ1) is 28.3. The third-order valence-corrected chi connectivity index (χ3v) is 8.77. The highest BCUT2D eigenvalue weighted by atomic mass is 79.9. The van der Waals surface area contributed by atoms with Gasteiger partial charge in [0.1, 0.15) is 5.75 Å². The third-order valence-electron chi connectivity index (χ3n) is 8.15. The number of benzene rings is 2. The monoisotopic (exact) mass is 604 g/mol. The Labute approximate surface area is 244 Å². The molecule has 2 N–H and O–H groups in total. The first-order chi connectivity index (χ1) is 18.8. The zero-order valence-electron chi connectivity index (χ0n) is 23.7. The molecule has 0 spiro atoms. The maximum atomic E-state index is 14.0. The summed E-state index contributed by atoms with van der Waals surface area (Å²) in [6.07, 6.45) is 3.24. The van der Waals surface area contributed by atoms with Crippen molar-refractivity contribution in [3.05, 3.63) is 86.7 Å². The van der Waals surface area contributed by atoms with Crippen molar-refractivity contribution >= 4 is 33.4 Å². The zero-order valence-corrected chi connectivity index (χ0v) is 25.3. The lowest BCUT2D eigenvalue weighted by atomic mass is 9.63. The molecule has 2 aromatic rings. The van der Waals surface area contributed by atoms with Gasteiger partial charge in [0.15, 0.2) is 18.2 Å². The number of hydrogen-bond donors (Lipinski definition) is 1. The Morgan fingerprint density at radius 1 is 0.925 bits per heavy atom. The van der Waals surface area contributed by atoms with Crippen LogP contribution in [0.2, 0.25) is 0 Å². The molecule has 0 saturated carbocycles. The number of carbonyl (C=O) groups is 3. The summed E-state index contributed by atoms with van der Waals surface area (Å²) in [5.41, 5.74) is 10.6. The Balaban J connectivity index is 1.66. The van der Waals surface area contributed by atoms with Gasteiger partial charge in [0.2, 0.25) is 0 Å². The number of ether oxygens (including phenoxy) is 1. The summed E-state index contributed by atoms with van der Waals surface area (Å²) in [5.74, 6) is -0.301. The van der Waals surface area contributed by atoms with E-state index in [-0.39, 0.29) is 29.0 Å².